The Morgan fingerprint density at radius 1 is 1.15 bits per heavy atom. The smallest absolute Gasteiger partial charge is 0.339 e. The first kappa shape index (κ1) is 15.2. The van der Waals surface area contributed by atoms with Crippen molar-refractivity contribution in [3.05, 3.63) is 56.0 Å². The zero-order valence-corrected chi connectivity index (χ0v) is 13.4. The van der Waals surface area contributed by atoms with Gasteiger partial charge in [-0.2, -0.15) is 0 Å². The lowest BCUT2D eigenvalue weighted by atomic mass is 10.1. The summed E-state index contributed by atoms with van der Waals surface area (Å²) >= 11 is 15.3. The first-order chi connectivity index (χ1) is 9.38. The fourth-order valence-electron chi connectivity index (χ4n) is 1.59. The molecule has 2 aromatic rings. The lowest BCUT2D eigenvalue weighted by Gasteiger charge is -2.12. The largest absolute Gasteiger partial charge is 0.478 e. The van der Waals surface area contributed by atoms with Gasteiger partial charge < -0.3 is 9.84 Å². The number of benzene rings is 2. The molecule has 0 aliphatic carbocycles. The average Bonchev–Trinajstić information content (AvgIpc) is 2.35. The van der Waals surface area contributed by atoms with Crippen molar-refractivity contribution in [2.45, 2.75) is 6.92 Å². The lowest BCUT2D eigenvalue weighted by molar-refractivity contribution is 0.0694. The molecule has 3 nitrogen and oxygen atoms in total. The fourth-order valence-corrected chi connectivity index (χ4v) is 2.42. The number of carbonyl (C=O) groups is 1. The van der Waals surface area contributed by atoms with E-state index in [-0.39, 0.29) is 11.3 Å². The SMILES string of the molecule is Cc1ccc(C(=O)O)c(Oc2cc(Cl)c(Br)cc2Cl)c1. The Bertz CT molecular complexity index is 686. The van der Waals surface area contributed by atoms with Crippen molar-refractivity contribution in [2.24, 2.45) is 0 Å². The quantitative estimate of drug-likeness (QED) is 0.714. The first-order valence-electron chi connectivity index (χ1n) is 5.55. The molecule has 0 saturated carbocycles. The standard InChI is InChI=1S/C14H9BrCl2O3/c1-7-2-3-8(14(18)19)12(4-7)20-13-6-10(16)9(15)5-11(13)17/h2-6H,1H3,(H,18,19). The molecule has 0 spiro atoms. The summed E-state index contributed by atoms with van der Waals surface area (Å²) in [5.74, 6) is -0.551. The molecule has 2 aromatic carbocycles. The van der Waals surface area contributed by atoms with Crippen LogP contribution in [-0.2, 0) is 0 Å². The molecule has 2 rings (SSSR count). The molecule has 6 heteroatoms. The number of rotatable bonds is 3. The molecule has 0 fully saturated rings. The maximum absolute atomic E-state index is 11.2. The molecular weight excluding hydrogens is 367 g/mol. The molecule has 0 unspecified atom stereocenters. The van der Waals surface area contributed by atoms with E-state index in [0.717, 1.165) is 5.56 Å². The van der Waals surface area contributed by atoms with Crippen molar-refractivity contribution in [2.75, 3.05) is 0 Å². The Labute approximate surface area is 134 Å². The number of hydrogen-bond acceptors (Lipinski definition) is 2. The second kappa shape index (κ2) is 6.04. The number of hydrogen-bond donors (Lipinski definition) is 1. The maximum Gasteiger partial charge on any atom is 0.339 e. The van der Waals surface area contributed by atoms with Gasteiger partial charge in [0.05, 0.1) is 10.0 Å². The summed E-state index contributed by atoms with van der Waals surface area (Å²) in [4.78, 5) is 11.2. The summed E-state index contributed by atoms with van der Waals surface area (Å²) in [6.07, 6.45) is 0. The van der Waals surface area contributed by atoms with Gasteiger partial charge in [-0.05, 0) is 46.6 Å². The highest BCUT2D eigenvalue weighted by atomic mass is 79.9. The highest BCUT2D eigenvalue weighted by Crippen LogP contribution is 2.37. The lowest BCUT2D eigenvalue weighted by Crippen LogP contribution is -2.00. The summed E-state index contributed by atoms with van der Waals surface area (Å²) in [5.41, 5.74) is 0.940. The van der Waals surface area contributed by atoms with E-state index >= 15 is 0 Å². The van der Waals surface area contributed by atoms with Gasteiger partial charge in [0.1, 0.15) is 17.1 Å². The molecule has 0 aliphatic rings. The Morgan fingerprint density at radius 3 is 2.50 bits per heavy atom. The van der Waals surface area contributed by atoms with Crippen molar-refractivity contribution in [3.8, 4) is 11.5 Å². The van der Waals surface area contributed by atoms with E-state index in [4.69, 9.17) is 33.0 Å². The zero-order valence-electron chi connectivity index (χ0n) is 10.3. The van der Waals surface area contributed by atoms with Crippen molar-refractivity contribution >= 4 is 45.1 Å². The summed E-state index contributed by atoms with van der Waals surface area (Å²) in [5, 5.41) is 9.91. The van der Waals surface area contributed by atoms with E-state index in [9.17, 15) is 4.79 Å². The minimum atomic E-state index is -1.07. The summed E-state index contributed by atoms with van der Waals surface area (Å²) in [6.45, 7) is 1.84. The van der Waals surface area contributed by atoms with Crippen LogP contribution in [0.25, 0.3) is 0 Å². The Morgan fingerprint density at radius 2 is 1.85 bits per heavy atom. The Hall–Kier alpha value is -1.23. The van der Waals surface area contributed by atoms with Crippen LogP contribution in [0.1, 0.15) is 15.9 Å². The van der Waals surface area contributed by atoms with Gasteiger partial charge >= 0.3 is 5.97 Å². The van der Waals surface area contributed by atoms with Crippen LogP contribution < -0.4 is 4.74 Å². The molecule has 0 bridgehead atoms. The normalized spacial score (nSPS) is 10.4. The van der Waals surface area contributed by atoms with Crippen molar-refractivity contribution in [1.82, 2.24) is 0 Å². The third-order valence-electron chi connectivity index (χ3n) is 2.56. The maximum atomic E-state index is 11.2. The molecule has 0 aliphatic heterocycles. The first-order valence-corrected chi connectivity index (χ1v) is 7.09. The van der Waals surface area contributed by atoms with Crippen molar-refractivity contribution in [1.29, 1.82) is 0 Å². The van der Waals surface area contributed by atoms with Gasteiger partial charge in [-0.3, -0.25) is 0 Å². The van der Waals surface area contributed by atoms with E-state index in [2.05, 4.69) is 15.9 Å². The molecule has 0 amide bonds. The van der Waals surface area contributed by atoms with Crippen LogP contribution in [0.15, 0.2) is 34.8 Å². The molecule has 0 radical (unpaired) electrons. The molecule has 0 aromatic heterocycles. The van der Waals surface area contributed by atoms with Crippen molar-refractivity contribution in [3.63, 3.8) is 0 Å². The van der Waals surface area contributed by atoms with Crippen LogP contribution in [0.5, 0.6) is 11.5 Å². The van der Waals surface area contributed by atoms with Gasteiger partial charge in [-0.15, -0.1) is 0 Å². The monoisotopic (exact) mass is 374 g/mol. The average molecular weight is 376 g/mol. The second-order valence-corrected chi connectivity index (χ2v) is 5.77. The summed E-state index contributed by atoms with van der Waals surface area (Å²) in [6, 6.07) is 7.95. The predicted octanol–water partition coefficient (Wildman–Crippen LogP) is 5.55. The third kappa shape index (κ3) is 3.26. The molecule has 104 valence electrons. The molecule has 0 saturated heterocycles. The third-order valence-corrected chi connectivity index (χ3v) is 4.05. The number of carboxylic acid groups (broad SMARTS) is 1. The van der Waals surface area contributed by atoms with Gasteiger partial charge in [-0.1, -0.05) is 29.3 Å². The van der Waals surface area contributed by atoms with Crippen LogP contribution in [0.4, 0.5) is 0 Å². The van der Waals surface area contributed by atoms with E-state index in [0.29, 0.717) is 20.3 Å². The zero-order chi connectivity index (χ0) is 14.9. The molecule has 1 N–H and O–H groups in total. The molecule has 0 atom stereocenters. The van der Waals surface area contributed by atoms with Gasteiger partial charge in [0, 0.05) is 10.5 Å². The number of ether oxygens (including phenoxy) is 1. The van der Waals surface area contributed by atoms with Crippen LogP contribution in [0.3, 0.4) is 0 Å². The van der Waals surface area contributed by atoms with E-state index < -0.39 is 5.97 Å². The minimum Gasteiger partial charge on any atom is -0.478 e. The van der Waals surface area contributed by atoms with Gasteiger partial charge in [-0.25, -0.2) is 4.79 Å². The topological polar surface area (TPSA) is 46.5 Å². The van der Waals surface area contributed by atoms with E-state index in [1.54, 1.807) is 18.2 Å². The van der Waals surface area contributed by atoms with Crippen LogP contribution >= 0.6 is 39.1 Å². The van der Waals surface area contributed by atoms with Crippen LogP contribution in [0.2, 0.25) is 10.0 Å². The van der Waals surface area contributed by atoms with Gasteiger partial charge in [0.2, 0.25) is 0 Å². The summed E-state index contributed by atoms with van der Waals surface area (Å²) < 4.78 is 6.24. The highest BCUT2D eigenvalue weighted by molar-refractivity contribution is 9.10. The Balaban J connectivity index is 2.47. The van der Waals surface area contributed by atoms with Crippen LogP contribution in [0, 0.1) is 6.92 Å². The number of aromatic carboxylic acids is 1. The van der Waals surface area contributed by atoms with Gasteiger partial charge in [0.25, 0.3) is 0 Å². The van der Waals surface area contributed by atoms with Crippen molar-refractivity contribution < 1.29 is 14.6 Å². The molecular formula is C14H9BrCl2O3. The minimum absolute atomic E-state index is 0.0608. The number of aryl methyl sites for hydroxylation is 1. The molecule has 0 heterocycles. The van der Waals surface area contributed by atoms with E-state index in [1.807, 2.05) is 6.92 Å². The predicted molar refractivity (Wildman–Crippen MR) is 82.4 cm³/mol. The highest BCUT2D eigenvalue weighted by Gasteiger charge is 2.14. The Kier molecular flexibility index (Phi) is 4.58. The van der Waals surface area contributed by atoms with Crippen LogP contribution in [-0.4, -0.2) is 11.1 Å². The summed E-state index contributed by atoms with van der Waals surface area (Å²) in [7, 11) is 0. The van der Waals surface area contributed by atoms with Gasteiger partial charge in [0.15, 0.2) is 0 Å². The number of halogens is 3. The molecule has 20 heavy (non-hydrogen) atoms. The van der Waals surface area contributed by atoms with E-state index in [1.165, 1.54) is 12.1 Å². The second-order valence-electron chi connectivity index (χ2n) is 4.10. The number of carboxylic acids is 1. The fraction of sp³-hybridized carbons (Fsp3) is 0.0714.